The smallest absolute Gasteiger partial charge is 0.356 e. The molecule has 0 aromatic carbocycles. The normalized spacial score (nSPS) is 10.5. The van der Waals surface area contributed by atoms with Crippen LogP contribution < -0.4 is 0 Å². The van der Waals surface area contributed by atoms with Gasteiger partial charge in [-0.2, -0.15) is 5.10 Å². The van der Waals surface area contributed by atoms with Crippen molar-refractivity contribution in [1.82, 2.24) is 9.78 Å². The van der Waals surface area contributed by atoms with Crippen LogP contribution in [0.15, 0.2) is 12.3 Å². The summed E-state index contributed by atoms with van der Waals surface area (Å²) < 4.78 is 6.53. The van der Waals surface area contributed by atoms with Crippen LogP contribution in [-0.2, 0) is 11.8 Å². The van der Waals surface area contributed by atoms with Gasteiger partial charge in [-0.3, -0.25) is 4.68 Å². The Hall–Kier alpha value is -1.32. The first kappa shape index (κ1) is 9.77. The van der Waals surface area contributed by atoms with Gasteiger partial charge < -0.3 is 4.74 Å². The summed E-state index contributed by atoms with van der Waals surface area (Å²) in [5.41, 5.74) is 0.487. The van der Waals surface area contributed by atoms with Gasteiger partial charge in [0.1, 0.15) is 5.69 Å². The van der Waals surface area contributed by atoms with E-state index in [9.17, 15) is 4.79 Å². The molecule has 0 aliphatic heterocycles. The second kappa shape index (κ2) is 4.07. The number of carbonyl (C=O) groups excluding carboxylic acids is 1. The first-order valence-electron chi connectivity index (χ1n) is 4.26. The number of hydrogen-bond donors (Lipinski definition) is 0. The number of nitrogens with zero attached hydrogens (tertiary/aromatic N) is 2. The molecule has 1 rings (SSSR count). The third-order valence-corrected chi connectivity index (χ3v) is 1.58. The zero-order valence-electron chi connectivity index (χ0n) is 8.15. The highest BCUT2D eigenvalue weighted by Crippen LogP contribution is 2.01. The van der Waals surface area contributed by atoms with Crippen molar-refractivity contribution in [1.29, 1.82) is 0 Å². The van der Waals surface area contributed by atoms with Gasteiger partial charge in [-0.15, -0.1) is 0 Å². The summed E-state index contributed by atoms with van der Waals surface area (Å²) in [6.07, 6.45) is 1.58. The average Bonchev–Trinajstić information content (AvgIpc) is 2.47. The maximum atomic E-state index is 11.3. The highest BCUT2D eigenvalue weighted by atomic mass is 16.5. The molecule has 0 aliphatic carbocycles. The summed E-state index contributed by atoms with van der Waals surface area (Å²) in [5, 5.41) is 3.88. The van der Waals surface area contributed by atoms with Crippen molar-refractivity contribution in [2.24, 2.45) is 13.0 Å². The van der Waals surface area contributed by atoms with Crippen LogP contribution in [0.25, 0.3) is 0 Å². The van der Waals surface area contributed by atoms with Crippen LogP contribution in [0.3, 0.4) is 0 Å². The minimum Gasteiger partial charge on any atom is -0.461 e. The fraction of sp³-hybridized carbons (Fsp3) is 0.556. The quantitative estimate of drug-likeness (QED) is 0.660. The Bertz CT molecular complexity index is 292. The molecule has 0 saturated heterocycles. The second-order valence-corrected chi connectivity index (χ2v) is 3.33. The lowest BCUT2D eigenvalue weighted by atomic mass is 10.2. The highest BCUT2D eigenvalue weighted by Gasteiger charge is 2.11. The van der Waals surface area contributed by atoms with E-state index in [2.05, 4.69) is 5.10 Å². The molecule has 0 N–H and O–H groups in total. The van der Waals surface area contributed by atoms with Crippen LogP contribution in [0.5, 0.6) is 0 Å². The summed E-state index contributed by atoms with van der Waals surface area (Å²) in [4.78, 5) is 11.3. The van der Waals surface area contributed by atoms with Gasteiger partial charge in [0.2, 0.25) is 0 Å². The van der Waals surface area contributed by atoms with Gasteiger partial charge in [-0.1, -0.05) is 13.8 Å². The average molecular weight is 182 g/mol. The lowest BCUT2D eigenvalue weighted by Crippen LogP contribution is -2.13. The van der Waals surface area contributed by atoms with Gasteiger partial charge >= 0.3 is 5.97 Å². The maximum absolute atomic E-state index is 11.3. The van der Waals surface area contributed by atoms with Crippen molar-refractivity contribution < 1.29 is 9.53 Å². The van der Waals surface area contributed by atoms with Crippen LogP contribution in [0.2, 0.25) is 0 Å². The SMILES string of the molecule is CC(C)COC(=O)c1ccnn1C. The predicted molar refractivity (Wildman–Crippen MR) is 48.3 cm³/mol. The molecule has 0 unspecified atom stereocenters. The van der Waals surface area contributed by atoms with E-state index in [1.165, 1.54) is 4.68 Å². The van der Waals surface area contributed by atoms with Crippen molar-refractivity contribution in [2.45, 2.75) is 13.8 Å². The van der Waals surface area contributed by atoms with Gasteiger partial charge in [-0.25, -0.2) is 4.79 Å². The minimum absolute atomic E-state index is 0.311. The molecule has 0 atom stereocenters. The van der Waals surface area contributed by atoms with Crippen LogP contribution in [0, 0.1) is 5.92 Å². The molecule has 72 valence electrons. The van der Waals surface area contributed by atoms with Crippen LogP contribution >= 0.6 is 0 Å². The maximum Gasteiger partial charge on any atom is 0.356 e. The molecular formula is C9H14N2O2. The van der Waals surface area contributed by atoms with Crippen LogP contribution in [0.4, 0.5) is 0 Å². The topological polar surface area (TPSA) is 44.1 Å². The molecule has 13 heavy (non-hydrogen) atoms. The predicted octanol–water partition coefficient (Wildman–Crippen LogP) is 1.23. The summed E-state index contributed by atoms with van der Waals surface area (Å²) in [7, 11) is 1.71. The lowest BCUT2D eigenvalue weighted by molar-refractivity contribution is 0.0446. The Morgan fingerprint density at radius 1 is 1.69 bits per heavy atom. The first-order valence-corrected chi connectivity index (χ1v) is 4.26. The Morgan fingerprint density at radius 2 is 2.38 bits per heavy atom. The summed E-state index contributed by atoms with van der Waals surface area (Å²) in [6, 6.07) is 1.64. The molecule has 0 radical (unpaired) electrons. The van der Waals surface area contributed by atoms with Crippen molar-refractivity contribution in [2.75, 3.05) is 6.61 Å². The van der Waals surface area contributed by atoms with Gasteiger partial charge in [0, 0.05) is 13.2 Å². The van der Waals surface area contributed by atoms with E-state index in [-0.39, 0.29) is 5.97 Å². The first-order chi connectivity index (χ1) is 6.11. The lowest BCUT2D eigenvalue weighted by Gasteiger charge is -2.06. The van der Waals surface area contributed by atoms with E-state index in [0.29, 0.717) is 18.2 Å². The zero-order chi connectivity index (χ0) is 9.84. The Kier molecular flexibility index (Phi) is 3.06. The number of esters is 1. The number of aryl methyl sites for hydroxylation is 1. The molecule has 0 amide bonds. The molecule has 4 heteroatoms. The summed E-state index contributed by atoms with van der Waals surface area (Å²) in [5.74, 6) is 0.0471. The van der Waals surface area contributed by atoms with Crippen LogP contribution in [0.1, 0.15) is 24.3 Å². The fourth-order valence-electron chi connectivity index (χ4n) is 0.890. The van der Waals surface area contributed by atoms with Crippen molar-refractivity contribution in [3.8, 4) is 0 Å². The van der Waals surface area contributed by atoms with E-state index in [0.717, 1.165) is 0 Å². The zero-order valence-corrected chi connectivity index (χ0v) is 8.15. The van der Waals surface area contributed by atoms with Crippen molar-refractivity contribution in [3.05, 3.63) is 18.0 Å². The Balaban J connectivity index is 2.54. The second-order valence-electron chi connectivity index (χ2n) is 3.33. The number of rotatable bonds is 3. The highest BCUT2D eigenvalue weighted by molar-refractivity contribution is 5.87. The van der Waals surface area contributed by atoms with E-state index in [1.54, 1.807) is 19.3 Å². The number of aromatic nitrogens is 2. The monoisotopic (exact) mass is 182 g/mol. The van der Waals surface area contributed by atoms with Gasteiger partial charge in [0.25, 0.3) is 0 Å². The fourth-order valence-corrected chi connectivity index (χ4v) is 0.890. The van der Waals surface area contributed by atoms with Crippen LogP contribution in [-0.4, -0.2) is 22.4 Å². The third-order valence-electron chi connectivity index (χ3n) is 1.58. The Morgan fingerprint density at radius 3 is 2.85 bits per heavy atom. The van der Waals surface area contributed by atoms with Gasteiger partial charge in [0.05, 0.1) is 6.61 Å². The third kappa shape index (κ3) is 2.57. The van der Waals surface area contributed by atoms with E-state index < -0.39 is 0 Å². The molecule has 1 heterocycles. The summed E-state index contributed by atoms with van der Waals surface area (Å²) in [6.45, 7) is 4.44. The molecule has 4 nitrogen and oxygen atoms in total. The molecule has 1 aromatic rings. The molecule has 1 aromatic heterocycles. The standard InChI is InChI=1S/C9H14N2O2/c1-7(2)6-13-9(12)8-4-5-10-11(8)3/h4-5,7H,6H2,1-3H3. The summed E-state index contributed by atoms with van der Waals surface area (Å²) >= 11 is 0. The van der Waals surface area contributed by atoms with E-state index >= 15 is 0 Å². The number of ether oxygens (including phenoxy) is 1. The number of hydrogen-bond acceptors (Lipinski definition) is 3. The Labute approximate surface area is 77.5 Å². The largest absolute Gasteiger partial charge is 0.461 e. The molecular weight excluding hydrogens is 168 g/mol. The molecule has 0 fully saturated rings. The van der Waals surface area contributed by atoms with Crippen molar-refractivity contribution >= 4 is 5.97 Å². The molecule has 0 bridgehead atoms. The van der Waals surface area contributed by atoms with Gasteiger partial charge in [0.15, 0.2) is 0 Å². The molecule has 0 saturated carbocycles. The molecule has 0 aliphatic rings. The minimum atomic E-state index is -0.311. The van der Waals surface area contributed by atoms with E-state index in [1.807, 2.05) is 13.8 Å². The molecule has 0 spiro atoms. The van der Waals surface area contributed by atoms with Crippen molar-refractivity contribution in [3.63, 3.8) is 0 Å². The van der Waals surface area contributed by atoms with E-state index in [4.69, 9.17) is 4.74 Å². The number of carbonyl (C=O) groups is 1. The van der Waals surface area contributed by atoms with Gasteiger partial charge in [-0.05, 0) is 12.0 Å².